The summed E-state index contributed by atoms with van der Waals surface area (Å²) < 4.78 is 18.4. The molecular weight excluding hydrogens is 430 g/mol. The molecular formula is C28H33NO5. The first-order valence-electron chi connectivity index (χ1n) is 12.0. The number of ether oxygens (including phenoxy) is 2. The van der Waals surface area contributed by atoms with E-state index in [0.717, 1.165) is 60.2 Å². The quantitative estimate of drug-likeness (QED) is 0.403. The number of hydrogen-bond donors (Lipinski definition) is 1. The van der Waals surface area contributed by atoms with E-state index in [4.69, 9.17) is 18.9 Å². The maximum atomic E-state index is 11.6. The van der Waals surface area contributed by atoms with E-state index < -0.39 is 5.97 Å². The second kappa shape index (κ2) is 11.0. The molecule has 2 atom stereocenters. The van der Waals surface area contributed by atoms with Crippen LogP contribution in [0.5, 0.6) is 0 Å². The van der Waals surface area contributed by atoms with Crippen molar-refractivity contribution in [1.29, 1.82) is 0 Å². The van der Waals surface area contributed by atoms with Crippen LogP contribution in [0.25, 0.3) is 11.5 Å². The fourth-order valence-electron chi connectivity index (χ4n) is 4.56. The number of hydrogen-bond acceptors (Lipinski definition) is 5. The Hall–Kier alpha value is -2.96. The van der Waals surface area contributed by atoms with Crippen molar-refractivity contribution in [2.45, 2.75) is 78.3 Å². The van der Waals surface area contributed by atoms with Gasteiger partial charge in [-0.2, -0.15) is 0 Å². The summed E-state index contributed by atoms with van der Waals surface area (Å²) in [7, 11) is 0. The van der Waals surface area contributed by atoms with Gasteiger partial charge in [0.2, 0.25) is 5.89 Å². The molecule has 1 heterocycles. The summed E-state index contributed by atoms with van der Waals surface area (Å²) in [4.78, 5) is 16.4. The number of aromatic nitrogens is 1. The Morgan fingerprint density at radius 2 is 1.76 bits per heavy atom. The normalized spacial score (nSPS) is 18.2. The van der Waals surface area contributed by atoms with Crippen LogP contribution >= 0.6 is 0 Å². The first-order chi connectivity index (χ1) is 16.4. The monoisotopic (exact) mass is 463 g/mol. The summed E-state index contributed by atoms with van der Waals surface area (Å²) in [5.74, 6) is 0.582. The number of aryl methyl sites for hydroxylation is 3. The molecule has 2 aromatic carbocycles. The van der Waals surface area contributed by atoms with E-state index in [2.05, 4.69) is 26.0 Å². The van der Waals surface area contributed by atoms with Gasteiger partial charge in [0.05, 0.1) is 31.0 Å². The van der Waals surface area contributed by atoms with Crippen LogP contribution in [0.3, 0.4) is 0 Å². The Kier molecular flexibility index (Phi) is 7.80. The van der Waals surface area contributed by atoms with Gasteiger partial charge in [0.15, 0.2) is 0 Å². The van der Waals surface area contributed by atoms with Gasteiger partial charge in [0, 0.05) is 12.0 Å². The highest BCUT2D eigenvalue weighted by Gasteiger charge is 2.25. The number of carboxylic acids is 1. The molecule has 1 aromatic heterocycles. The molecule has 1 fully saturated rings. The molecule has 0 saturated heterocycles. The van der Waals surface area contributed by atoms with Gasteiger partial charge in [0.1, 0.15) is 11.5 Å². The molecule has 0 amide bonds. The predicted octanol–water partition coefficient (Wildman–Crippen LogP) is 6.26. The number of carbonyl (C=O) groups is 1. The van der Waals surface area contributed by atoms with Gasteiger partial charge in [-0.05, 0) is 62.8 Å². The van der Waals surface area contributed by atoms with E-state index in [0.29, 0.717) is 24.7 Å². The Morgan fingerprint density at radius 1 is 1.06 bits per heavy atom. The van der Waals surface area contributed by atoms with Crippen molar-refractivity contribution in [3.8, 4) is 11.5 Å². The molecule has 6 nitrogen and oxygen atoms in total. The van der Waals surface area contributed by atoms with Crippen molar-refractivity contribution in [3.05, 3.63) is 76.2 Å². The third-order valence-corrected chi connectivity index (χ3v) is 6.48. The number of carboxylic acid groups (broad SMARTS) is 1. The second-order valence-electron chi connectivity index (χ2n) is 9.06. The highest BCUT2D eigenvalue weighted by molar-refractivity contribution is 5.91. The minimum atomic E-state index is -0.911. The van der Waals surface area contributed by atoms with Crippen LogP contribution in [0.15, 0.2) is 46.9 Å². The number of aromatic carboxylic acids is 1. The molecule has 3 aromatic rings. The summed E-state index contributed by atoms with van der Waals surface area (Å²) in [6.45, 7) is 6.64. The summed E-state index contributed by atoms with van der Waals surface area (Å²) in [5.41, 5.74) is 4.83. The van der Waals surface area contributed by atoms with Gasteiger partial charge in [0.25, 0.3) is 0 Å². The largest absolute Gasteiger partial charge is 0.478 e. The standard InChI is InChI=1S/C28H33NO5/c1-4-25-24(29-27(34-25)20-13-11-18(2)12-14-20)17-33-23-10-6-9-22(15-23)32-16-21-8-5-7-19(3)26(21)28(30)31/h5,7-8,11-14,22-23H,4,6,9-10,15-17H2,1-3H3,(H,30,31)/t22-,23+/m1/s1. The van der Waals surface area contributed by atoms with Gasteiger partial charge in [-0.3, -0.25) is 0 Å². The van der Waals surface area contributed by atoms with E-state index in [9.17, 15) is 9.90 Å². The van der Waals surface area contributed by atoms with Crippen molar-refractivity contribution in [2.24, 2.45) is 0 Å². The van der Waals surface area contributed by atoms with Gasteiger partial charge in [-0.15, -0.1) is 0 Å². The minimum Gasteiger partial charge on any atom is -0.478 e. The molecule has 6 heteroatoms. The first-order valence-corrected chi connectivity index (χ1v) is 12.0. The molecule has 34 heavy (non-hydrogen) atoms. The number of rotatable bonds is 9. The van der Waals surface area contributed by atoms with Crippen molar-refractivity contribution in [1.82, 2.24) is 4.98 Å². The summed E-state index contributed by atoms with van der Waals surface area (Å²) >= 11 is 0. The van der Waals surface area contributed by atoms with Crippen LogP contribution < -0.4 is 0 Å². The highest BCUT2D eigenvalue weighted by Crippen LogP contribution is 2.28. The predicted molar refractivity (Wildman–Crippen MR) is 130 cm³/mol. The molecule has 4 rings (SSSR count). The highest BCUT2D eigenvalue weighted by atomic mass is 16.5. The third kappa shape index (κ3) is 5.75. The lowest BCUT2D eigenvalue weighted by Gasteiger charge is -2.29. The fourth-order valence-corrected chi connectivity index (χ4v) is 4.56. The third-order valence-electron chi connectivity index (χ3n) is 6.48. The average molecular weight is 464 g/mol. The summed E-state index contributed by atoms with van der Waals surface area (Å²) in [5, 5.41) is 9.54. The van der Waals surface area contributed by atoms with E-state index in [1.165, 1.54) is 5.56 Å². The first kappa shape index (κ1) is 24.2. The number of oxazole rings is 1. The second-order valence-corrected chi connectivity index (χ2v) is 9.06. The van der Waals surface area contributed by atoms with Crippen LogP contribution in [0.1, 0.15) is 71.1 Å². The molecule has 1 N–H and O–H groups in total. The number of nitrogens with zero attached hydrogens (tertiary/aromatic N) is 1. The molecule has 0 radical (unpaired) electrons. The van der Waals surface area contributed by atoms with E-state index in [1.807, 2.05) is 37.3 Å². The van der Waals surface area contributed by atoms with E-state index >= 15 is 0 Å². The van der Waals surface area contributed by atoms with Crippen molar-refractivity contribution in [3.63, 3.8) is 0 Å². The van der Waals surface area contributed by atoms with Gasteiger partial charge in [-0.1, -0.05) is 42.8 Å². The van der Waals surface area contributed by atoms with Crippen LogP contribution in [0, 0.1) is 13.8 Å². The van der Waals surface area contributed by atoms with Gasteiger partial charge < -0.3 is 19.0 Å². The zero-order chi connectivity index (χ0) is 24.1. The van der Waals surface area contributed by atoms with Crippen LogP contribution in [0.2, 0.25) is 0 Å². The fraction of sp³-hybridized carbons (Fsp3) is 0.429. The number of benzene rings is 2. The average Bonchev–Trinajstić information content (AvgIpc) is 3.25. The zero-order valence-corrected chi connectivity index (χ0v) is 20.2. The molecule has 0 aliphatic heterocycles. The Morgan fingerprint density at radius 3 is 2.44 bits per heavy atom. The van der Waals surface area contributed by atoms with E-state index in [-0.39, 0.29) is 12.2 Å². The maximum Gasteiger partial charge on any atom is 0.336 e. The van der Waals surface area contributed by atoms with Crippen molar-refractivity contribution in [2.75, 3.05) is 0 Å². The molecule has 180 valence electrons. The van der Waals surface area contributed by atoms with Crippen LogP contribution in [-0.2, 0) is 29.1 Å². The smallest absolute Gasteiger partial charge is 0.336 e. The Labute approximate surface area is 200 Å². The molecule has 1 saturated carbocycles. The van der Waals surface area contributed by atoms with Crippen molar-refractivity contribution >= 4 is 5.97 Å². The Balaban J connectivity index is 1.35. The van der Waals surface area contributed by atoms with Crippen LogP contribution in [0.4, 0.5) is 0 Å². The lowest BCUT2D eigenvalue weighted by atomic mass is 9.94. The lowest BCUT2D eigenvalue weighted by molar-refractivity contribution is -0.0564. The van der Waals surface area contributed by atoms with Gasteiger partial charge in [-0.25, -0.2) is 9.78 Å². The van der Waals surface area contributed by atoms with E-state index in [1.54, 1.807) is 0 Å². The minimum absolute atomic E-state index is 0.0481. The SMILES string of the molecule is CCc1oc(-c2ccc(C)cc2)nc1CO[C@H]1CCC[C@@H](OCc2cccc(C)c2C(=O)O)C1. The van der Waals surface area contributed by atoms with Crippen molar-refractivity contribution < 1.29 is 23.8 Å². The lowest BCUT2D eigenvalue weighted by Crippen LogP contribution is -2.28. The maximum absolute atomic E-state index is 11.6. The van der Waals surface area contributed by atoms with Gasteiger partial charge >= 0.3 is 5.97 Å². The Bertz CT molecular complexity index is 1120. The molecule has 0 bridgehead atoms. The molecule has 1 aliphatic carbocycles. The zero-order valence-electron chi connectivity index (χ0n) is 20.2. The topological polar surface area (TPSA) is 81.8 Å². The summed E-state index contributed by atoms with van der Waals surface area (Å²) in [6, 6.07) is 13.7. The molecule has 0 spiro atoms. The summed E-state index contributed by atoms with van der Waals surface area (Å²) in [6.07, 6.45) is 4.63. The molecule has 1 aliphatic rings. The molecule has 0 unspecified atom stereocenters. The van der Waals surface area contributed by atoms with Crippen LogP contribution in [-0.4, -0.2) is 28.3 Å².